The molecule has 0 aliphatic heterocycles. The topological polar surface area (TPSA) is 17.1 Å². The normalized spacial score (nSPS) is 9.94. The summed E-state index contributed by atoms with van der Waals surface area (Å²) in [5.74, 6) is 12.5. The third-order valence-corrected chi connectivity index (χ3v) is 5.14. The molecule has 0 unspecified atom stereocenters. The summed E-state index contributed by atoms with van der Waals surface area (Å²) in [6.45, 7) is 1.64. The molecule has 0 spiro atoms. The van der Waals surface area contributed by atoms with Gasteiger partial charge < -0.3 is 0 Å². The first-order valence-electron chi connectivity index (χ1n) is 10.5. The number of hydrogen-bond donors (Lipinski definition) is 0. The van der Waals surface area contributed by atoms with Gasteiger partial charge in [-0.1, -0.05) is 84.3 Å². The summed E-state index contributed by atoms with van der Waals surface area (Å²) >= 11 is 0. The summed E-state index contributed by atoms with van der Waals surface area (Å²) in [7, 11) is 0. The van der Waals surface area contributed by atoms with Gasteiger partial charge in [0, 0.05) is 22.3 Å². The molecule has 0 atom stereocenters. The van der Waals surface area contributed by atoms with Gasteiger partial charge in [-0.25, -0.2) is 0 Å². The summed E-state index contributed by atoms with van der Waals surface area (Å²) in [5.41, 5.74) is 5.73. The van der Waals surface area contributed by atoms with Crippen LogP contribution in [0.25, 0.3) is 0 Å². The maximum absolute atomic E-state index is 12.5. The molecule has 32 heavy (non-hydrogen) atoms. The predicted octanol–water partition coefficient (Wildman–Crippen LogP) is 6.21. The smallest absolute Gasteiger partial charge is 0.141 e. The zero-order chi connectivity index (χ0) is 22.2. The van der Waals surface area contributed by atoms with Crippen molar-refractivity contribution in [3.05, 3.63) is 143 Å². The lowest BCUT2D eigenvalue weighted by molar-refractivity contribution is -0.117. The highest BCUT2D eigenvalue weighted by Gasteiger charge is 2.18. The van der Waals surface area contributed by atoms with E-state index in [1.807, 2.05) is 109 Å². The van der Waals surface area contributed by atoms with Gasteiger partial charge in [0.25, 0.3) is 0 Å². The molecule has 0 amide bonds. The Kier molecular flexibility index (Phi) is 6.62. The second-order valence-corrected chi connectivity index (χ2v) is 7.52. The fourth-order valence-corrected chi connectivity index (χ4v) is 3.51. The van der Waals surface area contributed by atoms with Crippen molar-refractivity contribution in [1.82, 2.24) is 0 Å². The molecule has 0 fully saturated rings. The van der Waals surface area contributed by atoms with Crippen molar-refractivity contribution < 1.29 is 4.79 Å². The molecule has 0 radical (unpaired) electrons. The molecular weight excluding hydrogens is 388 g/mol. The molecule has 0 aromatic heterocycles. The Morgan fingerprint density at radius 3 is 1.12 bits per heavy atom. The fraction of sp³-hybridized carbons (Fsp3) is 0.0645. The summed E-state index contributed by atoms with van der Waals surface area (Å²) in [6.07, 6.45) is 0. The van der Waals surface area contributed by atoms with Crippen molar-refractivity contribution in [1.29, 1.82) is 0 Å². The fourth-order valence-electron chi connectivity index (χ4n) is 3.51. The molecule has 0 aliphatic carbocycles. The minimum Gasteiger partial charge on any atom is -0.299 e. The van der Waals surface area contributed by atoms with Gasteiger partial charge in [0.2, 0.25) is 0 Å². The van der Waals surface area contributed by atoms with Gasteiger partial charge in [-0.05, 0) is 66.6 Å². The van der Waals surface area contributed by atoms with Crippen molar-refractivity contribution in [2.45, 2.75) is 12.8 Å². The maximum atomic E-state index is 12.5. The van der Waals surface area contributed by atoms with E-state index in [-0.39, 0.29) is 11.7 Å². The third-order valence-electron chi connectivity index (χ3n) is 5.14. The minimum atomic E-state index is -0.303. The van der Waals surface area contributed by atoms with Crippen LogP contribution in [-0.4, -0.2) is 5.78 Å². The second-order valence-electron chi connectivity index (χ2n) is 7.52. The van der Waals surface area contributed by atoms with Crippen LogP contribution in [0.4, 0.5) is 0 Å². The molecule has 0 saturated heterocycles. The molecule has 1 nitrogen and oxygen atoms in total. The van der Waals surface area contributed by atoms with Gasteiger partial charge in [0.15, 0.2) is 0 Å². The highest BCUT2D eigenvalue weighted by molar-refractivity contribution is 5.87. The van der Waals surface area contributed by atoms with Gasteiger partial charge in [-0.3, -0.25) is 4.79 Å². The molecule has 4 aromatic rings. The van der Waals surface area contributed by atoms with Crippen LogP contribution in [0, 0.1) is 23.7 Å². The van der Waals surface area contributed by atoms with Gasteiger partial charge in [-0.2, -0.15) is 0 Å². The van der Waals surface area contributed by atoms with E-state index in [4.69, 9.17) is 0 Å². The number of Topliss-reactive ketones (excluding diaryl/α,β-unsaturated/α-hetero) is 1. The number of carbonyl (C=O) groups excluding carboxylic acids is 1. The number of ketones is 1. The van der Waals surface area contributed by atoms with Crippen LogP contribution in [0.15, 0.2) is 109 Å². The number of hydrogen-bond acceptors (Lipinski definition) is 1. The zero-order valence-corrected chi connectivity index (χ0v) is 17.9. The minimum absolute atomic E-state index is 0.108. The molecular formula is C31H22O. The summed E-state index contributed by atoms with van der Waals surface area (Å²) < 4.78 is 0. The van der Waals surface area contributed by atoms with Crippen LogP contribution in [0.3, 0.4) is 0 Å². The average Bonchev–Trinajstić information content (AvgIpc) is 2.84. The van der Waals surface area contributed by atoms with E-state index in [1.165, 1.54) is 0 Å². The van der Waals surface area contributed by atoms with Crippen molar-refractivity contribution in [3.8, 4) is 23.7 Å². The largest absolute Gasteiger partial charge is 0.299 e. The van der Waals surface area contributed by atoms with E-state index < -0.39 is 0 Å². The van der Waals surface area contributed by atoms with Crippen molar-refractivity contribution >= 4 is 5.78 Å². The van der Waals surface area contributed by atoms with Crippen LogP contribution in [0.2, 0.25) is 0 Å². The lowest BCUT2D eigenvalue weighted by Crippen LogP contribution is -2.10. The number of benzene rings is 4. The molecule has 0 bridgehead atoms. The van der Waals surface area contributed by atoms with Crippen molar-refractivity contribution in [2.24, 2.45) is 0 Å². The quantitative estimate of drug-likeness (QED) is 0.367. The van der Waals surface area contributed by atoms with Crippen LogP contribution in [-0.2, 0) is 4.79 Å². The van der Waals surface area contributed by atoms with Crippen molar-refractivity contribution in [3.63, 3.8) is 0 Å². The Morgan fingerprint density at radius 1 is 0.500 bits per heavy atom. The molecule has 0 aliphatic rings. The number of rotatable bonds is 3. The third kappa shape index (κ3) is 5.42. The standard InChI is InChI=1S/C31H22O/c1-24(32)31(29-20-16-27(17-21-29)14-12-25-8-4-2-5-9-25)30-22-18-28(19-23-30)15-13-26-10-6-3-7-11-26/h2-11,16-23,31H,1H3. The summed E-state index contributed by atoms with van der Waals surface area (Å²) in [4.78, 5) is 12.5. The molecule has 4 rings (SSSR count). The van der Waals surface area contributed by atoms with Crippen LogP contribution >= 0.6 is 0 Å². The highest BCUT2D eigenvalue weighted by Crippen LogP contribution is 2.26. The second kappa shape index (κ2) is 10.1. The predicted molar refractivity (Wildman–Crippen MR) is 130 cm³/mol. The number of carbonyl (C=O) groups is 1. The van der Waals surface area contributed by atoms with E-state index in [0.29, 0.717) is 0 Å². The van der Waals surface area contributed by atoms with Gasteiger partial charge in [-0.15, -0.1) is 0 Å². The van der Waals surface area contributed by atoms with E-state index in [1.54, 1.807) is 6.92 Å². The van der Waals surface area contributed by atoms with Gasteiger partial charge in [0.05, 0.1) is 5.92 Å². The Labute approximate surface area is 189 Å². The Balaban J connectivity index is 1.53. The Hall–Kier alpha value is -4.33. The highest BCUT2D eigenvalue weighted by atomic mass is 16.1. The summed E-state index contributed by atoms with van der Waals surface area (Å²) in [6, 6.07) is 35.7. The zero-order valence-electron chi connectivity index (χ0n) is 17.9. The van der Waals surface area contributed by atoms with Gasteiger partial charge in [0.1, 0.15) is 5.78 Å². The van der Waals surface area contributed by atoms with Crippen LogP contribution < -0.4 is 0 Å². The van der Waals surface area contributed by atoms with Crippen LogP contribution in [0.5, 0.6) is 0 Å². The van der Waals surface area contributed by atoms with Crippen molar-refractivity contribution in [2.75, 3.05) is 0 Å². The Morgan fingerprint density at radius 2 is 0.812 bits per heavy atom. The molecule has 1 heteroatoms. The SMILES string of the molecule is CC(=O)C(c1ccc(C#Cc2ccccc2)cc1)c1ccc(C#Cc2ccccc2)cc1. The lowest BCUT2D eigenvalue weighted by Gasteiger charge is -2.15. The first-order chi connectivity index (χ1) is 15.7. The van der Waals surface area contributed by atoms with E-state index >= 15 is 0 Å². The first kappa shape index (κ1) is 20.9. The van der Waals surface area contributed by atoms with E-state index in [2.05, 4.69) is 23.7 Å². The maximum Gasteiger partial charge on any atom is 0.141 e. The monoisotopic (exact) mass is 410 g/mol. The molecule has 0 N–H and O–H groups in total. The molecule has 152 valence electrons. The van der Waals surface area contributed by atoms with Gasteiger partial charge >= 0.3 is 0 Å². The molecule has 0 saturated carbocycles. The molecule has 0 heterocycles. The average molecular weight is 411 g/mol. The molecule has 4 aromatic carbocycles. The van der Waals surface area contributed by atoms with E-state index in [9.17, 15) is 4.79 Å². The van der Waals surface area contributed by atoms with E-state index in [0.717, 1.165) is 33.4 Å². The lowest BCUT2D eigenvalue weighted by atomic mass is 9.87. The summed E-state index contributed by atoms with van der Waals surface area (Å²) in [5, 5.41) is 0. The van der Waals surface area contributed by atoms with Crippen LogP contribution in [0.1, 0.15) is 46.2 Å². The Bertz CT molecular complexity index is 1210. The first-order valence-corrected chi connectivity index (χ1v) is 10.5.